The lowest BCUT2D eigenvalue weighted by atomic mass is 10.4. The van der Waals surface area contributed by atoms with Crippen LogP contribution in [0.5, 0.6) is 0 Å². The second-order valence-corrected chi connectivity index (χ2v) is 4.28. The van der Waals surface area contributed by atoms with Crippen molar-refractivity contribution in [1.29, 1.82) is 0 Å². The average molecular weight is 248 g/mol. The van der Waals surface area contributed by atoms with Crippen molar-refractivity contribution in [3.05, 3.63) is 24.2 Å². The number of ether oxygens (including phenoxy) is 1. The first kappa shape index (κ1) is 12.8. The molecule has 0 amide bonds. The van der Waals surface area contributed by atoms with Gasteiger partial charge < -0.3 is 10.1 Å². The van der Waals surface area contributed by atoms with Crippen molar-refractivity contribution in [2.75, 3.05) is 25.1 Å². The van der Waals surface area contributed by atoms with Crippen molar-refractivity contribution < 1.29 is 4.74 Å². The number of hydrogen-bond donors (Lipinski definition) is 1. The monoisotopic (exact) mass is 248 g/mol. The molecule has 0 aromatic carbocycles. The van der Waals surface area contributed by atoms with E-state index in [0.29, 0.717) is 0 Å². The van der Waals surface area contributed by atoms with Gasteiger partial charge in [0.15, 0.2) is 5.82 Å². The molecule has 0 aliphatic heterocycles. The molecule has 0 spiro atoms. The lowest BCUT2D eigenvalue weighted by Gasteiger charge is -2.07. The Morgan fingerprint density at radius 1 is 1.39 bits per heavy atom. The molecule has 98 valence electrons. The number of aryl methyl sites for hydroxylation is 1. The number of aromatic nitrogens is 3. The zero-order chi connectivity index (χ0) is 12.8. The Hall–Kier alpha value is -1.62. The van der Waals surface area contributed by atoms with Gasteiger partial charge in [-0.2, -0.15) is 5.10 Å². The molecule has 1 N–H and O–H groups in total. The molecule has 0 aliphatic rings. The third-order valence-corrected chi connectivity index (χ3v) is 2.62. The highest BCUT2D eigenvalue weighted by molar-refractivity contribution is 5.67. The summed E-state index contributed by atoms with van der Waals surface area (Å²) in [5.74, 6) is 0.883. The summed E-state index contributed by atoms with van der Waals surface area (Å²) in [5.41, 5.74) is 2.02. The van der Waals surface area contributed by atoms with Gasteiger partial charge in [0.2, 0.25) is 0 Å². The van der Waals surface area contributed by atoms with Crippen molar-refractivity contribution in [3.63, 3.8) is 0 Å². The molecule has 0 aliphatic carbocycles. The number of rotatable bonds is 7. The van der Waals surface area contributed by atoms with E-state index < -0.39 is 0 Å². The van der Waals surface area contributed by atoms with Crippen LogP contribution in [0.4, 0.5) is 5.82 Å². The molecule has 2 rings (SSSR count). The van der Waals surface area contributed by atoms with Crippen LogP contribution in [0, 0.1) is 6.92 Å². The van der Waals surface area contributed by atoms with Crippen LogP contribution in [0.3, 0.4) is 0 Å². The molecule has 18 heavy (non-hydrogen) atoms. The van der Waals surface area contributed by atoms with Crippen LogP contribution in [0.1, 0.15) is 25.5 Å². The highest BCUT2D eigenvalue weighted by Crippen LogP contribution is 2.14. The summed E-state index contributed by atoms with van der Waals surface area (Å²) in [6.07, 6.45) is 5.67. The van der Waals surface area contributed by atoms with Gasteiger partial charge in [0.25, 0.3) is 0 Å². The first-order valence-electron chi connectivity index (χ1n) is 6.44. The second kappa shape index (κ2) is 6.35. The van der Waals surface area contributed by atoms with Gasteiger partial charge in [0.1, 0.15) is 5.52 Å². The zero-order valence-electron chi connectivity index (χ0n) is 11.0. The van der Waals surface area contributed by atoms with Gasteiger partial charge >= 0.3 is 0 Å². The fraction of sp³-hybridized carbons (Fsp3) is 0.538. The molecular weight excluding hydrogens is 228 g/mol. The Morgan fingerprint density at radius 3 is 3.11 bits per heavy atom. The minimum atomic E-state index is 0.794. The molecule has 0 saturated carbocycles. The Bertz CT molecular complexity index is 495. The Morgan fingerprint density at radius 2 is 2.28 bits per heavy atom. The minimum absolute atomic E-state index is 0.794. The van der Waals surface area contributed by atoms with Gasteiger partial charge in [-0.1, -0.05) is 6.92 Å². The molecule has 2 heterocycles. The summed E-state index contributed by atoms with van der Waals surface area (Å²) >= 11 is 0. The van der Waals surface area contributed by atoms with Crippen LogP contribution in [-0.4, -0.2) is 34.4 Å². The molecule has 2 aromatic rings. The maximum atomic E-state index is 5.43. The standard InChI is InChI=1S/C13H20N4O/c1-3-8-18-9-4-5-14-13-12-10-11(2)16-17(12)7-6-15-13/h6-7,10H,3-5,8-9H2,1-2H3,(H,14,15). The van der Waals surface area contributed by atoms with Gasteiger partial charge in [-0.15, -0.1) is 0 Å². The van der Waals surface area contributed by atoms with Crippen LogP contribution >= 0.6 is 0 Å². The van der Waals surface area contributed by atoms with E-state index in [0.717, 1.165) is 49.6 Å². The van der Waals surface area contributed by atoms with Crippen molar-refractivity contribution in [1.82, 2.24) is 14.6 Å². The van der Waals surface area contributed by atoms with E-state index in [4.69, 9.17) is 4.74 Å². The smallest absolute Gasteiger partial charge is 0.152 e. The van der Waals surface area contributed by atoms with Gasteiger partial charge in [-0.05, 0) is 25.8 Å². The first-order valence-corrected chi connectivity index (χ1v) is 6.44. The van der Waals surface area contributed by atoms with E-state index in [1.165, 1.54) is 0 Å². The second-order valence-electron chi connectivity index (χ2n) is 4.28. The number of nitrogens with one attached hydrogen (secondary N) is 1. The van der Waals surface area contributed by atoms with Crippen molar-refractivity contribution in [2.45, 2.75) is 26.7 Å². The Balaban J connectivity index is 1.87. The van der Waals surface area contributed by atoms with Crippen molar-refractivity contribution in [2.24, 2.45) is 0 Å². The van der Waals surface area contributed by atoms with E-state index in [9.17, 15) is 0 Å². The lowest BCUT2D eigenvalue weighted by Crippen LogP contribution is -2.08. The van der Waals surface area contributed by atoms with Gasteiger partial charge in [-0.25, -0.2) is 9.50 Å². The summed E-state index contributed by atoms with van der Waals surface area (Å²) in [5, 5.41) is 7.68. The van der Waals surface area contributed by atoms with E-state index in [2.05, 4.69) is 22.3 Å². The number of nitrogens with zero attached hydrogens (tertiary/aromatic N) is 3. The largest absolute Gasteiger partial charge is 0.381 e. The SMILES string of the molecule is CCCOCCCNc1nccn2nc(C)cc12. The molecule has 5 heteroatoms. The highest BCUT2D eigenvalue weighted by atomic mass is 16.5. The van der Waals surface area contributed by atoms with Gasteiger partial charge in [0, 0.05) is 32.2 Å². The molecule has 2 aromatic heterocycles. The molecule has 0 unspecified atom stereocenters. The fourth-order valence-corrected chi connectivity index (χ4v) is 1.81. The van der Waals surface area contributed by atoms with Crippen LogP contribution in [0.25, 0.3) is 5.52 Å². The zero-order valence-corrected chi connectivity index (χ0v) is 11.0. The summed E-state index contributed by atoms with van der Waals surface area (Å²) in [6.45, 7) is 6.60. The fourth-order valence-electron chi connectivity index (χ4n) is 1.81. The first-order chi connectivity index (χ1) is 8.81. The van der Waals surface area contributed by atoms with E-state index in [1.54, 1.807) is 6.20 Å². The molecule has 0 fully saturated rings. The third-order valence-electron chi connectivity index (χ3n) is 2.62. The molecular formula is C13H20N4O. The van der Waals surface area contributed by atoms with Gasteiger partial charge in [0.05, 0.1) is 5.69 Å². The number of anilines is 1. The quantitative estimate of drug-likeness (QED) is 0.764. The van der Waals surface area contributed by atoms with E-state index in [1.807, 2.05) is 23.7 Å². The maximum Gasteiger partial charge on any atom is 0.152 e. The Kier molecular flexibility index (Phi) is 4.52. The number of hydrogen-bond acceptors (Lipinski definition) is 4. The molecule has 0 radical (unpaired) electrons. The molecule has 0 saturated heterocycles. The van der Waals surface area contributed by atoms with E-state index in [-0.39, 0.29) is 0 Å². The summed E-state index contributed by atoms with van der Waals surface area (Å²) in [7, 11) is 0. The molecule has 0 atom stereocenters. The van der Waals surface area contributed by atoms with Crippen LogP contribution in [0.15, 0.2) is 18.5 Å². The topological polar surface area (TPSA) is 51.5 Å². The van der Waals surface area contributed by atoms with Crippen LogP contribution < -0.4 is 5.32 Å². The summed E-state index contributed by atoms with van der Waals surface area (Å²) in [4.78, 5) is 4.34. The summed E-state index contributed by atoms with van der Waals surface area (Å²) in [6, 6.07) is 2.03. The summed E-state index contributed by atoms with van der Waals surface area (Å²) < 4.78 is 7.28. The van der Waals surface area contributed by atoms with Crippen molar-refractivity contribution >= 4 is 11.3 Å². The molecule has 5 nitrogen and oxygen atoms in total. The highest BCUT2D eigenvalue weighted by Gasteiger charge is 2.04. The number of fused-ring (bicyclic) bond motifs is 1. The van der Waals surface area contributed by atoms with Crippen LogP contribution in [0.2, 0.25) is 0 Å². The molecule has 0 bridgehead atoms. The third kappa shape index (κ3) is 3.20. The normalized spacial score (nSPS) is 11.0. The maximum absolute atomic E-state index is 5.43. The van der Waals surface area contributed by atoms with Gasteiger partial charge in [-0.3, -0.25) is 0 Å². The van der Waals surface area contributed by atoms with Crippen LogP contribution in [-0.2, 0) is 4.74 Å². The predicted octanol–water partition coefficient (Wildman–Crippen LogP) is 2.27. The van der Waals surface area contributed by atoms with Crippen molar-refractivity contribution in [3.8, 4) is 0 Å². The average Bonchev–Trinajstić information content (AvgIpc) is 2.74. The van der Waals surface area contributed by atoms with E-state index >= 15 is 0 Å². The Labute approximate surface area is 107 Å². The minimum Gasteiger partial charge on any atom is -0.381 e. The lowest BCUT2D eigenvalue weighted by molar-refractivity contribution is 0.134. The predicted molar refractivity (Wildman–Crippen MR) is 71.9 cm³/mol.